The van der Waals surface area contributed by atoms with E-state index in [1.807, 2.05) is 24.8 Å². The van der Waals surface area contributed by atoms with Gasteiger partial charge in [0.15, 0.2) is 0 Å². The first-order chi connectivity index (χ1) is 13.9. The van der Waals surface area contributed by atoms with Crippen molar-refractivity contribution in [3.8, 4) is 0 Å². The van der Waals surface area contributed by atoms with Crippen LogP contribution < -0.4 is 0 Å². The second-order valence-electron chi connectivity index (χ2n) is 8.91. The lowest BCUT2D eigenvalue weighted by atomic mass is 9.82. The number of hydrogen-bond donors (Lipinski definition) is 0. The maximum Gasteiger partial charge on any atom is 0.232 e. The van der Waals surface area contributed by atoms with E-state index in [1.165, 1.54) is 12.1 Å². The fourth-order valence-electron chi connectivity index (χ4n) is 4.52. The van der Waals surface area contributed by atoms with Gasteiger partial charge in [0.1, 0.15) is 17.5 Å². The van der Waals surface area contributed by atoms with Crippen molar-refractivity contribution in [2.75, 3.05) is 33.2 Å². The number of hydrogen-bond acceptors (Lipinski definition) is 4. The topological polar surface area (TPSA) is 54.3 Å². The van der Waals surface area contributed by atoms with Crippen LogP contribution >= 0.6 is 0 Å². The average molecular weight is 400 g/mol. The first-order valence-electron chi connectivity index (χ1n) is 10.5. The number of halogens is 1. The molecule has 156 valence electrons. The minimum absolute atomic E-state index is 0.0446. The molecule has 1 fully saturated rings. The molecule has 1 aromatic heterocycles. The van der Waals surface area contributed by atoms with Gasteiger partial charge in [-0.2, -0.15) is 0 Å². The minimum atomic E-state index is -0.769. The van der Waals surface area contributed by atoms with Gasteiger partial charge in [0.05, 0.1) is 5.41 Å². The van der Waals surface area contributed by atoms with Crippen molar-refractivity contribution in [2.24, 2.45) is 0 Å². The van der Waals surface area contributed by atoms with Gasteiger partial charge in [0.25, 0.3) is 0 Å². The van der Waals surface area contributed by atoms with Crippen LogP contribution in [0.4, 0.5) is 4.39 Å². The molecule has 29 heavy (non-hydrogen) atoms. The fourth-order valence-corrected chi connectivity index (χ4v) is 4.52. The summed E-state index contributed by atoms with van der Waals surface area (Å²) in [7, 11) is 2.13. The molecule has 2 aliphatic heterocycles. The SMILES string of the molecule is CN1CCc2nnc([C@@H]3CCCN(C(=O)C(C)(C)c4cccc(F)c4)C3)n2CC1. The highest BCUT2D eigenvalue weighted by atomic mass is 19.1. The van der Waals surface area contributed by atoms with Crippen molar-refractivity contribution >= 4 is 5.91 Å². The molecule has 4 rings (SSSR count). The quantitative estimate of drug-likeness (QED) is 0.796. The highest BCUT2D eigenvalue weighted by Crippen LogP contribution is 2.32. The third-order valence-corrected chi connectivity index (χ3v) is 6.43. The minimum Gasteiger partial charge on any atom is -0.341 e. The molecule has 0 bridgehead atoms. The van der Waals surface area contributed by atoms with E-state index in [9.17, 15) is 9.18 Å². The van der Waals surface area contributed by atoms with Gasteiger partial charge in [-0.05, 0) is 51.4 Å². The van der Waals surface area contributed by atoms with Crippen LogP contribution in [0.15, 0.2) is 24.3 Å². The molecule has 0 N–H and O–H groups in total. The molecule has 3 heterocycles. The molecular weight excluding hydrogens is 369 g/mol. The van der Waals surface area contributed by atoms with Gasteiger partial charge in [-0.1, -0.05) is 12.1 Å². The molecular formula is C22H30FN5O. The second-order valence-corrected chi connectivity index (χ2v) is 8.91. The Hall–Kier alpha value is -2.28. The fraction of sp³-hybridized carbons (Fsp3) is 0.591. The molecule has 6 nitrogen and oxygen atoms in total. The molecule has 0 spiro atoms. The molecule has 0 radical (unpaired) electrons. The van der Waals surface area contributed by atoms with Crippen LogP contribution in [-0.2, 0) is 23.2 Å². The number of aromatic nitrogens is 3. The third-order valence-electron chi connectivity index (χ3n) is 6.43. The maximum absolute atomic E-state index is 13.7. The first-order valence-corrected chi connectivity index (χ1v) is 10.5. The number of amides is 1. The average Bonchev–Trinajstić information content (AvgIpc) is 3.04. The highest BCUT2D eigenvalue weighted by Gasteiger charge is 2.37. The molecule has 2 aliphatic rings. The molecule has 1 amide bonds. The normalized spacial score (nSPS) is 21.0. The lowest BCUT2D eigenvalue weighted by Crippen LogP contribution is -2.47. The van der Waals surface area contributed by atoms with E-state index >= 15 is 0 Å². The number of rotatable bonds is 3. The number of nitrogens with zero attached hydrogens (tertiary/aromatic N) is 5. The number of piperidine rings is 1. The Balaban J connectivity index is 1.53. The van der Waals surface area contributed by atoms with Crippen molar-refractivity contribution in [3.05, 3.63) is 47.3 Å². The van der Waals surface area contributed by atoms with Crippen LogP contribution in [-0.4, -0.2) is 63.7 Å². The Bertz CT molecular complexity index is 893. The smallest absolute Gasteiger partial charge is 0.232 e. The van der Waals surface area contributed by atoms with Crippen LogP contribution in [0.25, 0.3) is 0 Å². The lowest BCUT2D eigenvalue weighted by Gasteiger charge is -2.37. The van der Waals surface area contributed by atoms with E-state index in [4.69, 9.17) is 0 Å². The molecule has 0 aliphatic carbocycles. The number of likely N-dealkylation sites (N-methyl/N-ethyl adjacent to an activating group) is 1. The lowest BCUT2D eigenvalue weighted by molar-refractivity contribution is -0.137. The highest BCUT2D eigenvalue weighted by molar-refractivity contribution is 5.87. The molecule has 1 atom stereocenters. The summed E-state index contributed by atoms with van der Waals surface area (Å²) in [5, 5.41) is 8.96. The van der Waals surface area contributed by atoms with Crippen LogP contribution in [0.3, 0.4) is 0 Å². The number of likely N-dealkylation sites (tertiary alicyclic amines) is 1. The molecule has 7 heteroatoms. The van der Waals surface area contributed by atoms with Gasteiger partial charge >= 0.3 is 0 Å². The first kappa shape index (κ1) is 20.0. The van der Waals surface area contributed by atoms with Crippen molar-refractivity contribution < 1.29 is 9.18 Å². The molecule has 2 aromatic rings. The zero-order valence-electron chi connectivity index (χ0n) is 17.6. The molecule has 0 unspecified atom stereocenters. The van der Waals surface area contributed by atoms with E-state index in [2.05, 4.69) is 26.7 Å². The van der Waals surface area contributed by atoms with Gasteiger partial charge in [-0.15, -0.1) is 10.2 Å². The standard InChI is InChI=1S/C22H30FN5O/c1-22(2,17-7-4-8-18(23)14-17)21(29)27-10-5-6-16(15-27)20-25-24-19-9-11-26(3)12-13-28(19)20/h4,7-8,14,16H,5-6,9-13,15H2,1-3H3/t16-/m1/s1. The second kappa shape index (κ2) is 7.86. The zero-order chi connectivity index (χ0) is 20.6. The van der Waals surface area contributed by atoms with E-state index in [0.717, 1.165) is 57.1 Å². The van der Waals surface area contributed by atoms with E-state index in [0.29, 0.717) is 12.1 Å². The van der Waals surface area contributed by atoms with Gasteiger partial charge in [0, 0.05) is 45.1 Å². The number of carbonyl (C=O) groups is 1. The van der Waals surface area contributed by atoms with Crippen LogP contribution in [0.5, 0.6) is 0 Å². The summed E-state index contributed by atoms with van der Waals surface area (Å²) in [6.07, 6.45) is 2.86. The number of fused-ring (bicyclic) bond motifs is 1. The van der Waals surface area contributed by atoms with Gasteiger partial charge < -0.3 is 14.4 Å². The van der Waals surface area contributed by atoms with Crippen molar-refractivity contribution in [1.29, 1.82) is 0 Å². The third kappa shape index (κ3) is 3.92. The molecule has 1 aromatic carbocycles. The van der Waals surface area contributed by atoms with E-state index < -0.39 is 5.41 Å². The summed E-state index contributed by atoms with van der Waals surface area (Å²) in [6.45, 7) is 8.02. The zero-order valence-corrected chi connectivity index (χ0v) is 17.6. The van der Waals surface area contributed by atoms with Crippen LogP contribution in [0.1, 0.15) is 49.8 Å². The summed E-state index contributed by atoms with van der Waals surface area (Å²) in [5.74, 6) is 1.99. The van der Waals surface area contributed by atoms with Gasteiger partial charge in [-0.3, -0.25) is 4.79 Å². The Labute approximate surface area is 171 Å². The Kier molecular flexibility index (Phi) is 5.42. The summed E-state index contributed by atoms with van der Waals surface area (Å²) in [5.41, 5.74) is -0.0574. The Morgan fingerprint density at radius 1 is 1.17 bits per heavy atom. The molecule has 0 saturated carbocycles. The summed E-state index contributed by atoms with van der Waals surface area (Å²) in [4.78, 5) is 17.6. The largest absolute Gasteiger partial charge is 0.341 e. The Morgan fingerprint density at radius 2 is 2.00 bits per heavy atom. The van der Waals surface area contributed by atoms with Crippen molar-refractivity contribution in [2.45, 2.75) is 51.0 Å². The maximum atomic E-state index is 13.7. The predicted molar refractivity (Wildman–Crippen MR) is 109 cm³/mol. The predicted octanol–water partition coefficient (Wildman–Crippen LogP) is 2.59. The van der Waals surface area contributed by atoms with E-state index in [-0.39, 0.29) is 17.6 Å². The van der Waals surface area contributed by atoms with Crippen molar-refractivity contribution in [1.82, 2.24) is 24.6 Å². The van der Waals surface area contributed by atoms with Crippen LogP contribution in [0, 0.1) is 5.82 Å². The summed E-state index contributed by atoms with van der Waals surface area (Å²) in [6, 6.07) is 6.38. The Morgan fingerprint density at radius 3 is 2.79 bits per heavy atom. The summed E-state index contributed by atoms with van der Waals surface area (Å²) >= 11 is 0. The van der Waals surface area contributed by atoms with Crippen molar-refractivity contribution in [3.63, 3.8) is 0 Å². The number of benzene rings is 1. The van der Waals surface area contributed by atoms with Gasteiger partial charge in [-0.25, -0.2) is 4.39 Å². The van der Waals surface area contributed by atoms with Crippen LogP contribution in [0.2, 0.25) is 0 Å². The number of carbonyl (C=O) groups excluding carboxylic acids is 1. The molecule has 1 saturated heterocycles. The summed E-state index contributed by atoms with van der Waals surface area (Å²) < 4.78 is 16.0. The van der Waals surface area contributed by atoms with Gasteiger partial charge in [0.2, 0.25) is 5.91 Å². The van der Waals surface area contributed by atoms with E-state index in [1.54, 1.807) is 6.07 Å². The monoisotopic (exact) mass is 399 g/mol.